The van der Waals surface area contributed by atoms with Gasteiger partial charge in [-0.05, 0) is 12.8 Å². The second-order valence-electron chi connectivity index (χ2n) is 2.90. The van der Waals surface area contributed by atoms with Crippen LogP contribution in [0.3, 0.4) is 0 Å². The van der Waals surface area contributed by atoms with Crippen LogP contribution in [0.4, 0.5) is 0 Å². The molecule has 4 nitrogen and oxygen atoms in total. The lowest BCUT2D eigenvalue weighted by Gasteiger charge is -2.40. The maximum Gasteiger partial charge on any atom is 0.663 e. The highest BCUT2D eigenvalue weighted by molar-refractivity contribution is 6.39. The zero-order valence-corrected chi connectivity index (χ0v) is 5.58. The molecule has 2 bridgehead atoms. The van der Waals surface area contributed by atoms with Crippen LogP contribution in [0, 0.1) is 0 Å². The van der Waals surface area contributed by atoms with E-state index in [1.165, 1.54) is 12.8 Å². The molecule has 54 valence electrons. The second-order valence-corrected chi connectivity index (χ2v) is 2.90. The molecule has 4 saturated heterocycles. The Kier molecular flexibility index (Phi) is 0.863. The summed E-state index contributed by atoms with van der Waals surface area (Å²) in [6.07, 6.45) is 3.30. The van der Waals surface area contributed by atoms with E-state index in [9.17, 15) is 0 Å². The van der Waals surface area contributed by atoms with E-state index in [0.717, 1.165) is 13.0 Å². The van der Waals surface area contributed by atoms with Crippen LogP contribution in [-0.4, -0.2) is 24.8 Å². The Labute approximate surface area is 59.2 Å². The van der Waals surface area contributed by atoms with E-state index >= 15 is 0 Å². The first kappa shape index (κ1) is 5.54. The van der Waals surface area contributed by atoms with Crippen molar-refractivity contribution >= 4 is 7.32 Å². The number of nitrogens with zero attached hydrogens (tertiary/aromatic N) is 1. The number of hydroxylamine groups is 2. The summed E-state index contributed by atoms with van der Waals surface area (Å²) in [5.41, 5.74) is 0. The minimum Gasteiger partial charge on any atom is -0.342 e. The fourth-order valence-electron chi connectivity index (χ4n) is 1.72. The van der Waals surface area contributed by atoms with E-state index in [4.69, 9.17) is 14.1 Å². The lowest BCUT2D eigenvalue weighted by atomic mass is 10.0. The average Bonchev–Trinajstić information content (AvgIpc) is 2.37. The van der Waals surface area contributed by atoms with Crippen LogP contribution in [0.1, 0.15) is 19.3 Å². The van der Waals surface area contributed by atoms with Crippen molar-refractivity contribution in [3.63, 3.8) is 0 Å². The first-order valence-corrected chi connectivity index (χ1v) is 3.69. The van der Waals surface area contributed by atoms with Crippen molar-refractivity contribution in [1.29, 1.82) is 0 Å². The average molecular weight is 141 g/mol. The largest absolute Gasteiger partial charge is 0.663 e. The van der Waals surface area contributed by atoms with Crippen molar-refractivity contribution in [2.24, 2.45) is 0 Å². The molecule has 4 aliphatic rings. The number of hydrogen-bond acceptors (Lipinski definition) is 4. The number of hydrogen-bond donors (Lipinski definition) is 0. The van der Waals surface area contributed by atoms with Crippen LogP contribution in [0.5, 0.6) is 0 Å². The molecule has 0 aromatic heterocycles. The maximum absolute atomic E-state index is 5.32. The molecule has 0 amide bonds. The monoisotopic (exact) mass is 141 g/mol. The van der Waals surface area contributed by atoms with Gasteiger partial charge >= 0.3 is 7.32 Å². The summed E-state index contributed by atoms with van der Waals surface area (Å²) in [7, 11) is -0.391. The summed E-state index contributed by atoms with van der Waals surface area (Å²) in [6.45, 7) is 0.941. The molecule has 0 unspecified atom stereocenters. The molecule has 4 aliphatic heterocycles. The molecule has 10 heavy (non-hydrogen) atoms. The van der Waals surface area contributed by atoms with Gasteiger partial charge in [0, 0.05) is 13.0 Å². The lowest BCUT2D eigenvalue weighted by molar-refractivity contribution is -0.298. The third-order valence-electron chi connectivity index (χ3n) is 2.26. The van der Waals surface area contributed by atoms with Gasteiger partial charge in [-0.3, -0.25) is 4.76 Å². The van der Waals surface area contributed by atoms with Crippen LogP contribution in [0.15, 0.2) is 0 Å². The first-order chi connectivity index (χ1) is 4.89. The topological polar surface area (TPSA) is 30.9 Å². The summed E-state index contributed by atoms with van der Waals surface area (Å²) in [4.78, 5) is 0. The van der Waals surface area contributed by atoms with Crippen LogP contribution in [-0.2, 0) is 14.1 Å². The van der Waals surface area contributed by atoms with Crippen molar-refractivity contribution in [1.82, 2.24) is 5.06 Å². The predicted molar refractivity (Wildman–Crippen MR) is 32.3 cm³/mol. The van der Waals surface area contributed by atoms with Crippen molar-refractivity contribution < 1.29 is 14.1 Å². The van der Waals surface area contributed by atoms with Gasteiger partial charge in [-0.2, -0.15) is 0 Å². The minimum atomic E-state index is -0.455. The van der Waals surface area contributed by atoms with Crippen LogP contribution in [0.2, 0.25) is 0 Å². The maximum atomic E-state index is 5.32. The Hall–Kier alpha value is -0.0951. The standard InChI is InChI=1S/C5H8BNO3/c1-2-4-7-5(3-1)8-6(9-5)10-7/h1-4H2. The first-order valence-electron chi connectivity index (χ1n) is 3.69. The Balaban J connectivity index is 1.90. The van der Waals surface area contributed by atoms with Gasteiger partial charge in [0.25, 0.3) is 0 Å². The molecule has 4 heterocycles. The van der Waals surface area contributed by atoms with Crippen LogP contribution >= 0.6 is 0 Å². The van der Waals surface area contributed by atoms with E-state index in [0.29, 0.717) is 0 Å². The Morgan fingerprint density at radius 2 is 2.20 bits per heavy atom. The third kappa shape index (κ3) is 0.484. The summed E-state index contributed by atoms with van der Waals surface area (Å²) in [6, 6.07) is 0. The quantitative estimate of drug-likeness (QED) is 0.447. The van der Waals surface area contributed by atoms with E-state index in [2.05, 4.69) is 0 Å². The van der Waals surface area contributed by atoms with Gasteiger partial charge in [-0.15, -0.1) is 5.06 Å². The molecule has 5 heteroatoms. The van der Waals surface area contributed by atoms with Gasteiger partial charge in [0.05, 0.1) is 0 Å². The van der Waals surface area contributed by atoms with Crippen molar-refractivity contribution in [3.05, 3.63) is 0 Å². The lowest BCUT2D eigenvalue weighted by Crippen LogP contribution is -2.55. The SMILES string of the molecule is C1CCC23OB(ON2C1)O3. The highest BCUT2D eigenvalue weighted by Gasteiger charge is 2.66. The molecule has 4 rings (SSSR count). The Morgan fingerprint density at radius 1 is 1.30 bits per heavy atom. The molecular formula is C5H8BNO3. The van der Waals surface area contributed by atoms with Crippen molar-refractivity contribution in [3.8, 4) is 0 Å². The van der Waals surface area contributed by atoms with Gasteiger partial charge < -0.3 is 9.31 Å². The fraction of sp³-hybridized carbons (Fsp3) is 1.00. The molecule has 1 spiro atoms. The summed E-state index contributed by atoms with van der Waals surface area (Å²) >= 11 is 0. The molecule has 0 aromatic rings. The summed E-state index contributed by atoms with van der Waals surface area (Å²) in [5.74, 6) is -0.455. The van der Waals surface area contributed by atoms with E-state index in [1.54, 1.807) is 0 Å². The van der Waals surface area contributed by atoms with Gasteiger partial charge in [-0.1, -0.05) is 0 Å². The fourth-order valence-corrected chi connectivity index (χ4v) is 1.72. The molecule has 0 radical (unpaired) electrons. The predicted octanol–water partition coefficient (Wildman–Crippen LogP) is 0.103. The zero-order chi connectivity index (χ0) is 6.60. The van der Waals surface area contributed by atoms with Gasteiger partial charge in [0.1, 0.15) is 0 Å². The molecular weight excluding hydrogens is 133 g/mol. The van der Waals surface area contributed by atoms with E-state index in [1.807, 2.05) is 5.06 Å². The zero-order valence-electron chi connectivity index (χ0n) is 5.58. The van der Waals surface area contributed by atoms with Crippen molar-refractivity contribution in [2.75, 3.05) is 6.54 Å². The van der Waals surface area contributed by atoms with Gasteiger partial charge in [0.2, 0.25) is 5.91 Å². The second kappa shape index (κ2) is 1.56. The van der Waals surface area contributed by atoms with Crippen molar-refractivity contribution in [2.45, 2.75) is 25.2 Å². The van der Waals surface area contributed by atoms with Gasteiger partial charge in [-0.25, -0.2) is 0 Å². The van der Waals surface area contributed by atoms with E-state index in [-0.39, 0.29) is 0 Å². The van der Waals surface area contributed by atoms with Gasteiger partial charge in [0.15, 0.2) is 0 Å². The smallest absolute Gasteiger partial charge is 0.342 e. The number of piperidine rings is 1. The Morgan fingerprint density at radius 3 is 3.00 bits per heavy atom. The molecule has 4 fully saturated rings. The van der Waals surface area contributed by atoms with Crippen LogP contribution < -0.4 is 0 Å². The highest BCUT2D eigenvalue weighted by Crippen LogP contribution is 2.45. The van der Waals surface area contributed by atoms with E-state index < -0.39 is 13.2 Å². The highest BCUT2D eigenvalue weighted by atomic mass is 17.0. The summed E-state index contributed by atoms with van der Waals surface area (Å²) in [5, 5.41) is 1.82. The minimum absolute atomic E-state index is 0.391. The molecule has 0 saturated carbocycles. The molecule has 0 aliphatic carbocycles. The molecule has 0 aromatic carbocycles. The normalized spacial score (nSPS) is 35.4. The molecule has 0 atom stereocenters. The Bertz CT molecular complexity index is 168. The van der Waals surface area contributed by atoms with Crippen LogP contribution in [0.25, 0.3) is 0 Å². The third-order valence-corrected chi connectivity index (χ3v) is 2.26. The number of rotatable bonds is 0. The molecule has 0 N–H and O–H groups in total. The summed E-state index contributed by atoms with van der Waals surface area (Å²) < 4.78 is 15.9.